The van der Waals surface area contributed by atoms with Gasteiger partial charge in [-0.1, -0.05) is 6.08 Å². The molecule has 0 saturated carbocycles. The lowest BCUT2D eigenvalue weighted by Crippen LogP contribution is -2.54. The molecule has 1 N–H and O–H groups in total. The lowest BCUT2D eigenvalue weighted by molar-refractivity contribution is -0.132. The fourth-order valence-electron chi connectivity index (χ4n) is 2.02. The Morgan fingerprint density at radius 1 is 1.38 bits per heavy atom. The van der Waals surface area contributed by atoms with Crippen LogP contribution >= 0.6 is 0 Å². The molecule has 4 nitrogen and oxygen atoms in total. The summed E-state index contributed by atoms with van der Waals surface area (Å²) >= 11 is 0. The Morgan fingerprint density at radius 2 is 1.88 bits per heavy atom. The van der Waals surface area contributed by atoms with E-state index in [1.165, 1.54) is 0 Å². The summed E-state index contributed by atoms with van der Waals surface area (Å²) in [7, 11) is 2.14. The molecule has 1 fully saturated rings. The third-order valence-corrected chi connectivity index (χ3v) is 3.43. The number of likely N-dealkylation sites (N-methyl/N-ethyl adjacent to an activating group) is 1. The van der Waals surface area contributed by atoms with Gasteiger partial charge in [0.05, 0.1) is 0 Å². The number of piperazine rings is 1. The molecule has 1 saturated heterocycles. The van der Waals surface area contributed by atoms with E-state index >= 15 is 0 Å². The number of carboxylic acids is 1. The maximum Gasteiger partial charge on any atom is 0.330 e. The summed E-state index contributed by atoms with van der Waals surface area (Å²) in [4.78, 5) is 15.3. The van der Waals surface area contributed by atoms with Crippen LogP contribution in [0.2, 0.25) is 0 Å². The Bertz CT molecular complexity index is 277. The highest BCUT2D eigenvalue weighted by Crippen LogP contribution is 2.13. The van der Waals surface area contributed by atoms with E-state index in [4.69, 9.17) is 5.11 Å². The summed E-state index contributed by atoms with van der Waals surface area (Å²) in [5, 5.41) is 8.76. The zero-order valence-electron chi connectivity index (χ0n) is 10.6. The third-order valence-electron chi connectivity index (χ3n) is 3.43. The lowest BCUT2D eigenvalue weighted by atomic mass is 10.1. The summed E-state index contributed by atoms with van der Waals surface area (Å²) in [6.07, 6.45) is 1.80. The minimum Gasteiger partial charge on any atom is -0.478 e. The molecule has 0 aromatic carbocycles. The zero-order chi connectivity index (χ0) is 12.3. The van der Waals surface area contributed by atoms with Gasteiger partial charge in [0.1, 0.15) is 0 Å². The molecular formula is C12H22N2O2. The maximum atomic E-state index is 10.7. The molecule has 0 spiro atoms. The molecule has 2 unspecified atom stereocenters. The van der Waals surface area contributed by atoms with Crippen LogP contribution in [-0.4, -0.2) is 59.6 Å². The van der Waals surface area contributed by atoms with Crippen molar-refractivity contribution in [1.82, 2.24) is 9.80 Å². The van der Waals surface area contributed by atoms with Crippen LogP contribution in [0.15, 0.2) is 11.6 Å². The fourth-order valence-corrected chi connectivity index (χ4v) is 2.02. The quantitative estimate of drug-likeness (QED) is 0.730. The van der Waals surface area contributed by atoms with E-state index < -0.39 is 5.97 Å². The molecule has 0 bridgehead atoms. The van der Waals surface area contributed by atoms with Gasteiger partial charge in [0.15, 0.2) is 0 Å². The summed E-state index contributed by atoms with van der Waals surface area (Å²) in [6, 6.07) is 1.06. The molecule has 0 aliphatic carbocycles. The zero-order valence-corrected chi connectivity index (χ0v) is 10.6. The molecule has 1 heterocycles. The van der Waals surface area contributed by atoms with E-state index in [2.05, 4.69) is 30.7 Å². The Kier molecular flexibility index (Phi) is 4.50. The Balaban J connectivity index is 2.51. The van der Waals surface area contributed by atoms with Crippen LogP contribution < -0.4 is 0 Å². The predicted molar refractivity (Wildman–Crippen MR) is 64.5 cm³/mol. The van der Waals surface area contributed by atoms with E-state index in [9.17, 15) is 4.79 Å². The highest BCUT2D eigenvalue weighted by atomic mass is 16.4. The van der Waals surface area contributed by atoms with Crippen molar-refractivity contribution in [2.45, 2.75) is 32.9 Å². The predicted octanol–water partition coefficient (Wildman–Crippen LogP) is 1.04. The number of nitrogens with zero attached hydrogens (tertiary/aromatic N) is 2. The molecule has 0 radical (unpaired) electrons. The molecule has 0 amide bonds. The van der Waals surface area contributed by atoms with Gasteiger partial charge in [0, 0.05) is 37.3 Å². The molecular weight excluding hydrogens is 204 g/mol. The second-order valence-electron chi connectivity index (χ2n) is 4.77. The van der Waals surface area contributed by atoms with Crippen molar-refractivity contribution in [3.05, 3.63) is 11.6 Å². The topological polar surface area (TPSA) is 43.8 Å². The molecule has 2 atom stereocenters. The average Bonchev–Trinajstić information content (AvgIpc) is 2.22. The van der Waals surface area contributed by atoms with Crippen molar-refractivity contribution in [3.8, 4) is 0 Å². The van der Waals surface area contributed by atoms with E-state index in [1.807, 2.05) is 0 Å². The van der Waals surface area contributed by atoms with Crippen LogP contribution in [0.25, 0.3) is 0 Å². The van der Waals surface area contributed by atoms with Gasteiger partial charge in [-0.05, 0) is 27.8 Å². The summed E-state index contributed by atoms with van der Waals surface area (Å²) in [5.41, 5.74) is 0.430. The maximum absolute atomic E-state index is 10.7. The summed E-state index contributed by atoms with van der Waals surface area (Å²) < 4.78 is 0. The van der Waals surface area contributed by atoms with Gasteiger partial charge in [-0.2, -0.15) is 0 Å². The Hall–Kier alpha value is -0.870. The molecule has 16 heavy (non-hydrogen) atoms. The first-order valence-electron chi connectivity index (χ1n) is 5.76. The molecule has 1 aliphatic rings. The molecule has 92 valence electrons. The monoisotopic (exact) mass is 226 g/mol. The minimum atomic E-state index is -0.824. The van der Waals surface area contributed by atoms with Crippen LogP contribution in [0.3, 0.4) is 0 Å². The van der Waals surface area contributed by atoms with Gasteiger partial charge >= 0.3 is 5.97 Å². The van der Waals surface area contributed by atoms with Crippen molar-refractivity contribution in [2.24, 2.45) is 0 Å². The smallest absolute Gasteiger partial charge is 0.330 e. The van der Waals surface area contributed by atoms with Crippen LogP contribution in [0.1, 0.15) is 20.8 Å². The van der Waals surface area contributed by atoms with Crippen molar-refractivity contribution in [1.29, 1.82) is 0 Å². The van der Waals surface area contributed by atoms with Crippen LogP contribution in [-0.2, 0) is 4.79 Å². The number of hydrogen-bond donors (Lipinski definition) is 1. The van der Waals surface area contributed by atoms with Gasteiger partial charge in [-0.25, -0.2) is 4.79 Å². The third kappa shape index (κ3) is 3.32. The molecule has 1 aliphatic heterocycles. The fraction of sp³-hybridized carbons (Fsp3) is 0.750. The number of rotatable bonds is 3. The van der Waals surface area contributed by atoms with E-state index in [0.29, 0.717) is 17.7 Å². The molecule has 1 rings (SSSR count). The van der Waals surface area contributed by atoms with Gasteiger partial charge in [-0.3, -0.25) is 9.80 Å². The van der Waals surface area contributed by atoms with Crippen LogP contribution in [0, 0.1) is 0 Å². The van der Waals surface area contributed by atoms with Crippen molar-refractivity contribution >= 4 is 5.97 Å². The highest BCUT2D eigenvalue weighted by Gasteiger charge is 2.25. The van der Waals surface area contributed by atoms with Crippen LogP contribution in [0.5, 0.6) is 0 Å². The van der Waals surface area contributed by atoms with Gasteiger partial charge in [0.2, 0.25) is 0 Å². The molecule has 4 heteroatoms. The summed E-state index contributed by atoms with van der Waals surface area (Å²) in [6.45, 7) is 8.80. The van der Waals surface area contributed by atoms with E-state index in [-0.39, 0.29) is 0 Å². The SMILES string of the molecule is C/C(=C/CN1CC(C)N(C)C(C)C1)C(=O)O. The second kappa shape index (κ2) is 5.46. The standard InChI is InChI=1S/C12H22N2O2/c1-9(12(15)16)5-6-14-7-10(2)13(4)11(3)8-14/h5,10-11H,6-8H2,1-4H3,(H,15,16)/b9-5-. The molecule has 0 aromatic rings. The second-order valence-corrected chi connectivity index (χ2v) is 4.77. The Morgan fingerprint density at radius 3 is 2.31 bits per heavy atom. The minimum absolute atomic E-state index is 0.430. The number of carboxylic acid groups (broad SMARTS) is 1. The van der Waals surface area contributed by atoms with E-state index in [0.717, 1.165) is 19.6 Å². The average molecular weight is 226 g/mol. The van der Waals surface area contributed by atoms with Gasteiger partial charge < -0.3 is 5.11 Å². The van der Waals surface area contributed by atoms with Crippen molar-refractivity contribution < 1.29 is 9.90 Å². The van der Waals surface area contributed by atoms with Crippen molar-refractivity contribution in [3.63, 3.8) is 0 Å². The van der Waals surface area contributed by atoms with Gasteiger partial charge in [-0.15, -0.1) is 0 Å². The number of carbonyl (C=O) groups is 1. The largest absolute Gasteiger partial charge is 0.478 e. The first-order chi connectivity index (χ1) is 7.41. The number of hydrogen-bond acceptors (Lipinski definition) is 3. The summed E-state index contributed by atoms with van der Waals surface area (Å²) in [5.74, 6) is -0.824. The first kappa shape index (κ1) is 13.2. The molecule has 0 aromatic heterocycles. The number of aliphatic carboxylic acids is 1. The Labute approximate surface area is 97.5 Å². The lowest BCUT2D eigenvalue weighted by Gasteiger charge is -2.42. The van der Waals surface area contributed by atoms with Crippen LogP contribution in [0.4, 0.5) is 0 Å². The first-order valence-corrected chi connectivity index (χ1v) is 5.76. The highest BCUT2D eigenvalue weighted by molar-refractivity contribution is 5.85. The van der Waals surface area contributed by atoms with E-state index in [1.54, 1.807) is 13.0 Å². The normalized spacial score (nSPS) is 29.4. The van der Waals surface area contributed by atoms with Gasteiger partial charge in [0.25, 0.3) is 0 Å². The van der Waals surface area contributed by atoms with Crippen molar-refractivity contribution in [2.75, 3.05) is 26.7 Å².